The number of fused-ring (bicyclic) bond motifs is 1. The number of esters is 1. The summed E-state index contributed by atoms with van der Waals surface area (Å²) in [5, 5.41) is 4.29. The first-order valence-corrected chi connectivity index (χ1v) is 10.2. The van der Waals surface area contributed by atoms with Crippen LogP contribution in [0.2, 0.25) is 0 Å². The van der Waals surface area contributed by atoms with Gasteiger partial charge in [-0.3, -0.25) is 9.48 Å². The van der Waals surface area contributed by atoms with E-state index >= 15 is 0 Å². The highest BCUT2D eigenvalue weighted by atomic mass is 32.1. The number of carbonyl (C=O) groups excluding carboxylic acids is 2. The van der Waals surface area contributed by atoms with E-state index in [9.17, 15) is 9.59 Å². The van der Waals surface area contributed by atoms with Crippen molar-refractivity contribution in [1.29, 1.82) is 0 Å². The summed E-state index contributed by atoms with van der Waals surface area (Å²) >= 11 is 1.34. The number of hydrogen-bond acceptors (Lipinski definition) is 6. The van der Waals surface area contributed by atoms with Crippen LogP contribution in [0, 0.1) is 0 Å². The number of ether oxygens (including phenoxy) is 2. The lowest BCUT2D eigenvalue weighted by Crippen LogP contribution is -2.19. The van der Waals surface area contributed by atoms with E-state index in [1.165, 1.54) is 11.3 Å². The normalized spacial score (nSPS) is 12.1. The number of aromatic nitrogens is 3. The van der Waals surface area contributed by atoms with E-state index in [1.807, 2.05) is 24.5 Å². The second kappa shape index (κ2) is 9.15. The van der Waals surface area contributed by atoms with E-state index in [1.54, 1.807) is 43.1 Å². The van der Waals surface area contributed by atoms with Gasteiger partial charge in [0.2, 0.25) is 0 Å². The second-order valence-electron chi connectivity index (χ2n) is 6.62. The largest absolute Gasteiger partial charge is 0.462 e. The molecule has 1 amide bonds. The molecular formula is C20H24N4O4S. The van der Waals surface area contributed by atoms with Crippen LogP contribution in [0.3, 0.4) is 0 Å². The Morgan fingerprint density at radius 3 is 2.72 bits per heavy atom. The van der Waals surface area contributed by atoms with Crippen LogP contribution in [-0.2, 0) is 16.0 Å². The minimum absolute atomic E-state index is 0.161. The Morgan fingerprint density at radius 2 is 2.07 bits per heavy atom. The van der Waals surface area contributed by atoms with E-state index in [0.29, 0.717) is 35.8 Å². The minimum atomic E-state index is -0.410. The van der Waals surface area contributed by atoms with Crippen LogP contribution in [0.5, 0.6) is 0 Å². The van der Waals surface area contributed by atoms with Gasteiger partial charge >= 0.3 is 5.97 Å². The lowest BCUT2D eigenvalue weighted by molar-refractivity contribution is 0.0526. The first-order chi connectivity index (χ1) is 13.9. The van der Waals surface area contributed by atoms with Crippen molar-refractivity contribution >= 4 is 33.4 Å². The molecule has 0 saturated carbocycles. The summed E-state index contributed by atoms with van der Waals surface area (Å²) in [4.78, 5) is 29.5. The van der Waals surface area contributed by atoms with Crippen LogP contribution in [0.15, 0.2) is 35.5 Å². The van der Waals surface area contributed by atoms with E-state index in [-0.39, 0.29) is 12.0 Å². The molecule has 3 rings (SSSR count). The Kier molecular flexibility index (Phi) is 6.60. The van der Waals surface area contributed by atoms with Crippen molar-refractivity contribution in [3.05, 3.63) is 46.5 Å². The summed E-state index contributed by atoms with van der Waals surface area (Å²) in [6.45, 7) is 7.06. The van der Waals surface area contributed by atoms with Gasteiger partial charge in [0.15, 0.2) is 10.5 Å². The molecule has 0 atom stereocenters. The Bertz CT molecular complexity index is 1090. The predicted octanol–water partition coefficient (Wildman–Crippen LogP) is 3.04. The van der Waals surface area contributed by atoms with E-state index < -0.39 is 5.91 Å². The highest BCUT2D eigenvalue weighted by Crippen LogP contribution is 2.20. The van der Waals surface area contributed by atoms with Crippen molar-refractivity contribution in [2.75, 3.05) is 20.3 Å². The lowest BCUT2D eigenvalue weighted by Gasteiger charge is -2.05. The highest BCUT2D eigenvalue weighted by Gasteiger charge is 2.14. The number of nitrogens with zero attached hydrogens (tertiary/aromatic N) is 4. The van der Waals surface area contributed by atoms with Crippen molar-refractivity contribution in [1.82, 2.24) is 14.3 Å². The zero-order valence-corrected chi connectivity index (χ0v) is 17.7. The maximum Gasteiger partial charge on any atom is 0.338 e. The number of thiazole rings is 1. The van der Waals surface area contributed by atoms with Crippen LogP contribution in [0.25, 0.3) is 10.2 Å². The first-order valence-electron chi connectivity index (χ1n) is 9.38. The third-order valence-corrected chi connectivity index (χ3v) is 5.31. The predicted molar refractivity (Wildman–Crippen MR) is 110 cm³/mol. The molecule has 8 nitrogen and oxygen atoms in total. The fourth-order valence-corrected chi connectivity index (χ4v) is 3.88. The Balaban J connectivity index is 2.05. The molecular weight excluding hydrogens is 392 g/mol. The van der Waals surface area contributed by atoms with Crippen LogP contribution in [0.4, 0.5) is 0 Å². The minimum Gasteiger partial charge on any atom is -0.462 e. The molecule has 0 spiro atoms. The SMILES string of the molecule is CCOC(=O)c1ccc2c(c1)sc(=NC(=O)c1ccn(C(C)C)n1)n2CCOC. The zero-order valence-electron chi connectivity index (χ0n) is 16.9. The first kappa shape index (κ1) is 20.9. The summed E-state index contributed by atoms with van der Waals surface area (Å²) in [5.41, 5.74) is 1.63. The number of carbonyl (C=O) groups is 2. The number of rotatable bonds is 7. The van der Waals surface area contributed by atoms with Gasteiger partial charge in [0.05, 0.1) is 29.0 Å². The molecule has 0 aliphatic heterocycles. The molecule has 0 N–H and O–H groups in total. The molecule has 0 fully saturated rings. The van der Waals surface area contributed by atoms with Crippen LogP contribution in [0.1, 0.15) is 47.7 Å². The molecule has 0 radical (unpaired) electrons. The topological polar surface area (TPSA) is 87.7 Å². The van der Waals surface area contributed by atoms with Gasteiger partial charge in [-0.05, 0) is 45.0 Å². The molecule has 0 aliphatic carbocycles. The summed E-state index contributed by atoms with van der Waals surface area (Å²) in [5.74, 6) is -0.784. The molecule has 0 saturated heterocycles. The van der Waals surface area contributed by atoms with Crippen molar-refractivity contribution in [2.45, 2.75) is 33.4 Å². The van der Waals surface area contributed by atoms with Gasteiger partial charge in [-0.25, -0.2) is 4.79 Å². The van der Waals surface area contributed by atoms with Crippen molar-refractivity contribution in [3.8, 4) is 0 Å². The Labute approximate surface area is 172 Å². The molecule has 9 heteroatoms. The molecule has 3 aromatic rings. The molecule has 154 valence electrons. The van der Waals surface area contributed by atoms with Crippen molar-refractivity contribution in [3.63, 3.8) is 0 Å². The van der Waals surface area contributed by atoms with Crippen LogP contribution in [-0.4, -0.2) is 46.5 Å². The van der Waals surface area contributed by atoms with Gasteiger partial charge in [0, 0.05) is 25.9 Å². The molecule has 0 bridgehead atoms. The summed E-state index contributed by atoms with van der Waals surface area (Å²) in [6.07, 6.45) is 1.77. The second-order valence-corrected chi connectivity index (χ2v) is 7.63. The van der Waals surface area contributed by atoms with E-state index in [4.69, 9.17) is 9.47 Å². The maximum atomic E-state index is 12.7. The molecule has 1 aromatic carbocycles. The molecule has 2 aromatic heterocycles. The van der Waals surface area contributed by atoms with Crippen LogP contribution < -0.4 is 4.80 Å². The Morgan fingerprint density at radius 1 is 1.28 bits per heavy atom. The average molecular weight is 417 g/mol. The molecule has 29 heavy (non-hydrogen) atoms. The molecule has 0 aliphatic rings. The van der Waals surface area contributed by atoms with E-state index in [2.05, 4.69) is 10.1 Å². The summed E-state index contributed by atoms with van der Waals surface area (Å²) in [6, 6.07) is 7.14. The van der Waals surface area contributed by atoms with Gasteiger partial charge in [0.25, 0.3) is 5.91 Å². The van der Waals surface area contributed by atoms with Crippen molar-refractivity contribution < 1.29 is 19.1 Å². The highest BCUT2D eigenvalue weighted by molar-refractivity contribution is 7.16. The van der Waals surface area contributed by atoms with Crippen LogP contribution >= 0.6 is 11.3 Å². The third-order valence-electron chi connectivity index (χ3n) is 4.27. The van der Waals surface area contributed by atoms with Crippen molar-refractivity contribution in [2.24, 2.45) is 4.99 Å². The number of benzene rings is 1. The number of hydrogen-bond donors (Lipinski definition) is 0. The average Bonchev–Trinajstić information content (AvgIpc) is 3.31. The summed E-state index contributed by atoms with van der Waals surface area (Å²) < 4.78 is 14.7. The molecule has 0 unspecified atom stereocenters. The third kappa shape index (κ3) is 4.63. The smallest absolute Gasteiger partial charge is 0.338 e. The van der Waals surface area contributed by atoms with Gasteiger partial charge in [-0.2, -0.15) is 10.1 Å². The molecule has 2 heterocycles. The number of methoxy groups -OCH3 is 1. The monoisotopic (exact) mass is 416 g/mol. The van der Waals surface area contributed by atoms with Gasteiger partial charge in [-0.15, -0.1) is 0 Å². The number of amides is 1. The quantitative estimate of drug-likeness (QED) is 0.553. The van der Waals surface area contributed by atoms with E-state index in [0.717, 1.165) is 10.2 Å². The Hall–Kier alpha value is -2.78. The van der Waals surface area contributed by atoms with Gasteiger partial charge in [0.1, 0.15) is 0 Å². The van der Waals surface area contributed by atoms with Gasteiger partial charge in [-0.1, -0.05) is 11.3 Å². The van der Waals surface area contributed by atoms with Gasteiger partial charge < -0.3 is 14.0 Å². The maximum absolute atomic E-state index is 12.7. The zero-order chi connectivity index (χ0) is 21.0. The lowest BCUT2D eigenvalue weighted by atomic mass is 10.2. The fraction of sp³-hybridized carbons (Fsp3) is 0.400. The summed E-state index contributed by atoms with van der Waals surface area (Å²) in [7, 11) is 1.62. The fourth-order valence-electron chi connectivity index (χ4n) is 2.78. The standard InChI is InChI=1S/C20H24N4O4S/c1-5-28-19(26)14-6-7-16-17(12-14)29-20(23(16)10-11-27-4)21-18(25)15-8-9-24(22-15)13(2)3/h6-9,12-13H,5,10-11H2,1-4H3.